The molecule has 0 radical (unpaired) electrons. The molecule has 0 atom stereocenters. The van der Waals surface area contributed by atoms with E-state index in [0.717, 1.165) is 37.1 Å². The molecular formula is C18H19BFN3O. The standard InChI is InChI=1S/C18H19BFN3O/c1-14-5-6-15(16(20)11-14)12-24-18-4-2-3-17(22-18)23-9-7-19(13-21)8-10-23/h2-6,11H,7-10,12H2,1H3. The third-order valence-electron chi connectivity index (χ3n) is 4.29. The van der Waals surface area contributed by atoms with Gasteiger partial charge < -0.3 is 9.64 Å². The molecule has 1 aromatic carbocycles. The monoisotopic (exact) mass is 323 g/mol. The fraction of sp³-hybridized carbons (Fsp3) is 0.333. The van der Waals surface area contributed by atoms with Crippen molar-refractivity contribution >= 4 is 12.5 Å². The van der Waals surface area contributed by atoms with Gasteiger partial charge in [-0.2, -0.15) is 4.98 Å². The number of benzene rings is 1. The SMILES string of the molecule is Cc1ccc(COc2cccc(N3CCB(C#N)CC3)n2)c(F)c1. The number of nitrogens with zero attached hydrogens (tertiary/aromatic N) is 3. The summed E-state index contributed by atoms with van der Waals surface area (Å²) in [5, 5.41) is 8.97. The number of halogens is 1. The third kappa shape index (κ3) is 3.86. The lowest BCUT2D eigenvalue weighted by atomic mass is 9.45. The number of pyridine rings is 1. The Bertz CT molecular complexity index is 754. The number of anilines is 1. The Labute approximate surface area is 142 Å². The molecule has 0 bridgehead atoms. The predicted molar refractivity (Wildman–Crippen MR) is 92.9 cm³/mol. The van der Waals surface area contributed by atoms with Crippen LogP contribution in [-0.2, 0) is 6.61 Å². The molecule has 2 heterocycles. The lowest BCUT2D eigenvalue weighted by Gasteiger charge is -2.29. The van der Waals surface area contributed by atoms with Gasteiger partial charge in [0, 0.05) is 30.7 Å². The first kappa shape index (κ1) is 16.3. The fourth-order valence-electron chi connectivity index (χ4n) is 2.82. The minimum atomic E-state index is -0.260. The zero-order chi connectivity index (χ0) is 16.9. The molecule has 3 rings (SSSR count). The van der Waals surface area contributed by atoms with Crippen LogP contribution in [0.15, 0.2) is 36.4 Å². The zero-order valence-electron chi connectivity index (χ0n) is 13.7. The van der Waals surface area contributed by atoms with E-state index < -0.39 is 0 Å². The summed E-state index contributed by atoms with van der Waals surface area (Å²) in [7, 11) is 0. The maximum Gasteiger partial charge on any atom is 0.271 e. The van der Waals surface area contributed by atoms with Gasteiger partial charge >= 0.3 is 0 Å². The number of aromatic nitrogens is 1. The zero-order valence-corrected chi connectivity index (χ0v) is 13.7. The molecule has 24 heavy (non-hydrogen) atoms. The summed E-state index contributed by atoms with van der Waals surface area (Å²) >= 11 is 0. The van der Waals surface area contributed by atoms with E-state index >= 15 is 0 Å². The van der Waals surface area contributed by atoms with Gasteiger partial charge in [0.1, 0.15) is 18.2 Å². The quantitative estimate of drug-likeness (QED) is 0.808. The Balaban J connectivity index is 1.64. The average molecular weight is 323 g/mol. The van der Waals surface area contributed by atoms with E-state index in [1.165, 1.54) is 6.07 Å². The molecule has 4 nitrogen and oxygen atoms in total. The van der Waals surface area contributed by atoms with Crippen molar-refractivity contribution in [2.75, 3.05) is 18.0 Å². The van der Waals surface area contributed by atoms with E-state index in [-0.39, 0.29) is 19.1 Å². The summed E-state index contributed by atoms with van der Waals surface area (Å²) in [4.78, 5) is 6.67. The summed E-state index contributed by atoms with van der Waals surface area (Å²) < 4.78 is 19.5. The molecule has 0 unspecified atom stereocenters. The Morgan fingerprint density at radius 2 is 2.08 bits per heavy atom. The summed E-state index contributed by atoms with van der Waals surface area (Å²) in [5.41, 5.74) is 1.40. The van der Waals surface area contributed by atoms with Gasteiger partial charge in [-0.25, -0.2) is 9.65 Å². The van der Waals surface area contributed by atoms with Crippen LogP contribution in [0, 0.1) is 24.0 Å². The van der Waals surface area contributed by atoms with E-state index in [1.807, 2.05) is 25.1 Å². The molecule has 1 aliphatic rings. The smallest absolute Gasteiger partial charge is 0.271 e. The lowest BCUT2D eigenvalue weighted by Crippen LogP contribution is -2.36. The molecule has 1 aliphatic heterocycles. The molecule has 0 N–H and O–H groups in total. The highest BCUT2D eigenvalue weighted by atomic mass is 19.1. The minimum Gasteiger partial charge on any atom is -0.473 e. The van der Waals surface area contributed by atoms with Crippen molar-refractivity contribution in [3.8, 4) is 11.8 Å². The van der Waals surface area contributed by atoms with Crippen LogP contribution in [0.1, 0.15) is 11.1 Å². The van der Waals surface area contributed by atoms with Crippen LogP contribution in [0.2, 0.25) is 12.6 Å². The Kier molecular flexibility index (Phi) is 5.00. The summed E-state index contributed by atoms with van der Waals surface area (Å²) in [6, 6.07) is 10.7. The molecule has 6 heteroatoms. The van der Waals surface area contributed by atoms with Gasteiger partial charge in [0.2, 0.25) is 5.88 Å². The molecule has 1 aromatic heterocycles. The van der Waals surface area contributed by atoms with Crippen molar-refractivity contribution < 1.29 is 9.13 Å². The van der Waals surface area contributed by atoms with Gasteiger partial charge in [-0.05, 0) is 37.3 Å². The first-order chi connectivity index (χ1) is 11.7. The van der Waals surface area contributed by atoms with E-state index in [4.69, 9.17) is 10.00 Å². The van der Waals surface area contributed by atoms with Crippen LogP contribution in [0.4, 0.5) is 10.2 Å². The summed E-state index contributed by atoms with van der Waals surface area (Å²) in [6.45, 7) is 3.79. The minimum absolute atomic E-state index is 0.144. The second-order valence-corrected chi connectivity index (χ2v) is 6.11. The number of hydrogen-bond donors (Lipinski definition) is 0. The van der Waals surface area contributed by atoms with Crippen molar-refractivity contribution in [1.82, 2.24) is 4.98 Å². The molecule has 0 amide bonds. The number of hydrogen-bond acceptors (Lipinski definition) is 4. The van der Waals surface area contributed by atoms with Crippen LogP contribution >= 0.6 is 0 Å². The number of nitriles is 1. The highest BCUT2D eigenvalue weighted by Crippen LogP contribution is 2.21. The highest BCUT2D eigenvalue weighted by molar-refractivity contribution is 6.67. The van der Waals surface area contributed by atoms with Gasteiger partial charge in [-0.3, -0.25) is 0 Å². The summed E-state index contributed by atoms with van der Waals surface area (Å²) in [5.74, 6) is 3.39. The Morgan fingerprint density at radius 3 is 2.79 bits per heavy atom. The predicted octanol–water partition coefficient (Wildman–Crippen LogP) is 3.49. The lowest BCUT2D eigenvalue weighted by molar-refractivity contribution is 0.288. The van der Waals surface area contributed by atoms with E-state index in [9.17, 15) is 4.39 Å². The van der Waals surface area contributed by atoms with E-state index in [2.05, 4.69) is 15.9 Å². The largest absolute Gasteiger partial charge is 0.473 e. The van der Waals surface area contributed by atoms with Crippen LogP contribution in [0.5, 0.6) is 5.88 Å². The number of ether oxygens (including phenoxy) is 1. The van der Waals surface area contributed by atoms with Gasteiger partial charge in [0.05, 0.1) is 0 Å². The van der Waals surface area contributed by atoms with Crippen molar-refractivity contribution in [3.05, 3.63) is 53.3 Å². The Hall–Kier alpha value is -2.55. The molecule has 122 valence electrons. The first-order valence-electron chi connectivity index (χ1n) is 8.15. The van der Waals surface area contributed by atoms with Crippen LogP contribution < -0.4 is 9.64 Å². The second-order valence-electron chi connectivity index (χ2n) is 6.11. The molecule has 0 saturated carbocycles. The highest BCUT2D eigenvalue weighted by Gasteiger charge is 2.23. The first-order valence-corrected chi connectivity index (χ1v) is 8.15. The molecule has 0 aliphatic carbocycles. The topological polar surface area (TPSA) is 49.1 Å². The number of rotatable bonds is 4. The second kappa shape index (κ2) is 7.35. The van der Waals surface area contributed by atoms with E-state index in [1.54, 1.807) is 12.1 Å². The van der Waals surface area contributed by atoms with Gasteiger partial charge in [-0.15, -0.1) is 0 Å². The third-order valence-corrected chi connectivity index (χ3v) is 4.29. The molecule has 1 fully saturated rings. The van der Waals surface area contributed by atoms with Gasteiger partial charge in [0.25, 0.3) is 6.71 Å². The summed E-state index contributed by atoms with van der Waals surface area (Å²) in [6.07, 6.45) is 1.72. The Morgan fingerprint density at radius 1 is 1.29 bits per heavy atom. The van der Waals surface area contributed by atoms with Crippen LogP contribution in [-0.4, -0.2) is 24.8 Å². The van der Waals surface area contributed by atoms with Crippen molar-refractivity contribution in [2.45, 2.75) is 26.2 Å². The molecule has 2 aromatic rings. The van der Waals surface area contributed by atoms with Crippen molar-refractivity contribution in [2.24, 2.45) is 0 Å². The average Bonchev–Trinajstić information content (AvgIpc) is 2.61. The van der Waals surface area contributed by atoms with Crippen molar-refractivity contribution in [1.29, 1.82) is 5.26 Å². The number of aryl methyl sites for hydroxylation is 1. The fourth-order valence-corrected chi connectivity index (χ4v) is 2.82. The maximum absolute atomic E-state index is 13.9. The van der Waals surface area contributed by atoms with Crippen LogP contribution in [0.25, 0.3) is 0 Å². The van der Waals surface area contributed by atoms with Crippen molar-refractivity contribution in [3.63, 3.8) is 0 Å². The molecule has 0 spiro atoms. The van der Waals surface area contributed by atoms with E-state index in [0.29, 0.717) is 11.4 Å². The maximum atomic E-state index is 13.9. The molecule has 1 saturated heterocycles. The van der Waals surface area contributed by atoms with Crippen LogP contribution in [0.3, 0.4) is 0 Å². The van der Waals surface area contributed by atoms with Gasteiger partial charge in [0.15, 0.2) is 0 Å². The molecular weight excluding hydrogens is 304 g/mol. The normalized spacial score (nSPS) is 14.4. The van der Waals surface area contributed by atoms with Gasteiger partial charge in [-0.1, -0.05) is 18.2 Å².